The van der Waals surface area contributed by atoms with Crippen molar-refractivity contribution in [3.63, 3.8) is 0 Å². The van der Waals surface area contributed by atoms with Crippen LogP contribution in [-0.4, -0.2) is 29.1 Å². The SMILES string of the molecule is COc1ccc(OC)c(Nc2ncnc(Nc3cccc4ccccc34)c2[N+](=O)[O-])c1. The van der Waals surface area contributed by atoms with Crippen LogP contribution in [0.5, 0.6) is 11.5 Å². The minimum absolute atomic E-state index is 0.0225. The Morgan fingerprint density at radius 1 is 0.871 bits per heavy atom. The summed E-state index contributed by atoms with van der Waals surface area (Å²) in [6, 6.07) is 18.5. The van der Waals surface area contributed by atoms with E-state index in [4.69, 9.17) is 9.47 Å². The molecule has 9 heteroatoms. The second-order valence-corrected chi connectivity index (χ2v) is 6.52. The van der Waals surface area contributed by atoms with E-state index in [-0.39, 0.29) is 17.3 Å². The van der Waals surface area contributed by atoms with Crippen molar-refractivity contribution in [3.05, 3.63) is 77.1 Å². The first-order valence-corrected chi connectivity index (χ1v) is 9.34. The molecule has 0 saturated carbocycles. The Morgan fingerprint density at radius 3 is 2.29 bits per heavy atom. The molecule has 0 amide bonds. The Hall–Kier alpha value is -4.40. The van der Waals surface area contributed by atoms with E-state index < -0.39 is 4.92 Å². The molecule has 0 saturated heterocycles. The number of hydrogen-bond acceptors (Lipinski definition) is 8. The third-order valence-electron chi connectivity index (χ3n) is 4.71. The van der Waals surface area contributed by atoms with Crippen LogP contribution in [0.25, 0.3) is 10.8 Å². The number of benzene rings is 3. The van der Waals surface area contributed by atoms with Gasteiger partial charge in [-0.2, -0.15) is 0 Å². The first-order chi connectivity index (χ1) is 15.1. The van der Waals surface area contributed by atoms with Crippen LogP contribution in [0.4, 0.5) is 28.7 Å². The summed E-state index contributed by atoms with van der Waals surface area (Å²) in [7, 11) is 3.04. The number of aromatic nitrogens is 2. The van der Waals surface area contributed by atoms with Crippen LogP contribution in [0.3, 0.4) is 0 Å². The molecule has 1 heterocycles. The predicted octanol–water partition coefficient (Wildman–Crippen LogP) is 5.04. The molecule has 0 bridgehead atoms. The second kappa shape index (κ2) is 8.54. The third kappa shape index (κ3) is 4.01. The van der Waals surface area contributed by atoms with Gasteiger partial charge in [0.25, 0.3) is 0 Å². The van der Waals surface area contributed by atoms with E-state index in [1.807, 2.05) is 42.5 Å². The summed E-state index contributed by atoms with van der Waals surface area (Å²) in [6.45, 7) is 0. The molecule has 0 aliphatic heterocycles. The minimum Gasteiger partial charge on any atom is -0.497 e. The maximum absolute atomic E-state index is 12.0. The largest absolute Gasteiger partial charge is 0.497 e. The molecule has 0 atom stereocenters. The van der Waals surface area contributed by atoms with Crippen molar-refractivity contribution >= 4 is 39.5 Å². The van der Waals surface area contributed by atoms with Gasteiger partial charge in [0.05, 0.1) is 24.8 Å². The van der Waals surface area contributed by atoms with Gasteiger partial charge in [-0.1, -0.05) is 36.4 Å². The van der Waals surface area contributed by atoms with E-state index in [0.29, 0.717) is 22.9 Å². The first kappa shape index (κ1) is 19.9. The van der Waals surface area contributed by atoms with Crippen LogP contribution >= 0.6 is 0 Å². The summed E-state index contributed by atoms with van der Waals surface area (Å²) in [5.41, 5.74) is 0.880. The molecule has 31 heavy (non-hydrogen) atoms. The average Bonchev–Trinajstić information content (AvgIpc) is 2.79. The highest BCUT2D eigenvalue weighted by atomic mass is 16.6. The van der Waals surface area contributed by atoms with Crippen molar-refractivity contribution in [1.29, 1.82) is 0 Å². The summed E-state index contributed by atoms with van der Waals surface area (Å²) in [5.74, 6) is 1.14. The van der Waals surface area contributed by atoms with Crippen molar-refractivity contribution in [3.8, 4) is 11.5 Å². The van der Waals surface area contributed by atoms with Crippen LogP contribution in [0.1, 0.15) is 0 Å². The topological polar surface area (TPSA) is 111 Å². The average molecular weight is 417 g/mol. The fourth-order valence-electron chi connectivity index (χ4n) is 3.24. The Morgan fingerprint density at radius 2 is 1.58 bits per heavy atom. The van der Waals surface area contributed by atoms with Crippen LogP contribution in [0.2, 0.25) is 0 Å². The Balaban J connectivity index is 1.77. The van der Waals surface area contributed by atoms with E-state index in [1.54, 1.807) is 18.2 Å². The zero-order valence-corrected chi connectivity index (χ0v) is 16.8. The van der Waals surface area contributed by atoms with Gasteiger partial charge in [0, 0.05) is 17.1 Å². The Bertz CT molecular complexity index is 1260. The van der Waals surface area contributed by atoms with Gasteiger partial charge in [-0.3, -0.25) is 10.1 Å². The van der Waals surface area contributed by atoms with E-state index >= 15 is 0 Å². The molecule has 0 unspecified atom stereocenters. The lowest BCUT2D eigenvalue weighted by atomic mass is 10.1. The fourth-order valence-corrected chi connectivity index (χ4v) is 3.24. The maximum Gasteiger partial charge on any atom is 0.353 e. The molecule has 3 aromatic carbocycles. The fraction of sp³-hybridized carbons (Fsp3) is 0.0909. The quantitative estimate of drug-likeness (QED) is 0.318. The number of rotatable bonds is 7. The first-order valence-electron chi connectivity index (χ1n) is 9.34. The number of anilines is 4. The number of ether oxygens (including phenoxy) is 2. The van der Waals surface area contributed by atoms with Crippen LogP contribution in [0.15, 0.2) is 67.0 Å². The molecule has 0 spiro atoms. The van der Waals surface area contributed by atoms with E-state index in [1.165, 1.54) is 20.5 Å². The van der Waals surface area contributed by atoms with E-state index in [0.717, 1.165) is 10.8 Å². The lowest BCUT2D eigenvalue weighted by molar-refractivity contribution is -0.383. The lowest BCUT2D eigenvalue weighted by Gasteiger charge is -2.14. The molecule has 0 aliphatic carbocycles. The van der Waals surface area contributed by atoms with Gasteiger partial charge in [0.15, 0.2) is 0 Å². The molecule has 0 fully saturated rings. The minimum atomic E-state index is -0.525. The van der Waals surface area contributed by atoms with Gasteiger partial charge in [-0.15, -0.1) is 0 Å². The summed E-state index contributed by atoms with van der Waals surface area (Å²) >= 11 is 0. The summed E-state index contributed by atoms with van der Waals surface area (Å²) < 4.78 is 10.6. The van der Waals surface area contributed by atoms with Crippen LogP contribution < -0.4 is 20.1 Å². The smallest absolute Gasteiger partial charge is 0.353 e. The number of nitro groups is 1. The van der Waals surface area contributed by atoms with Gasteiger partial charge < -0.3 is 20.1 Å². The number of nitrogens with zero attached hydrogens (tertiary/aromatic N) is 3. The van der Waals surface area contributed by atoms with Crippen LogP contribution in [0, 0.1) is 10.1 Å². The van der Waals surface area contributed by atoms with E-state index in [2.05, 4.69) is 20.6 Å². The van der Waals surface area contributed by atoms with Gasteiger partial charge in [-0.25, -0.2) is 9.97 Å². The van der Waals surface area contributed by atoms with Gasteiger partial charge in [0.2, 0.25) is 11.6 Å². The molecule has 0 aliphatic rings. The highest BCUT2D eigenvalue weighted by Gasteiger charge is 2.24. The van der Waals surface area contributed by atoms with Crippen molar-refractivity contribution in [2.75, 3.05) is 24.9 Å². The molecule has 4 aromatic rings. The van der Waals surface area contributed by atoms with Gasteiger partial charge in [0.1, 0.15) is 17.8 Å². The summed E-state index contributed by atoms with van der Waals surface area (Å²) in [6.07, 6.45) is 1.26. The zero-order valence-electron chi connectivity index (χ0n) is 16.8. The van der Waals surface area contributed by atoms with Gasteiger partial charge >= 0.3 is 5.69 Å². The lowest BCUT2D eigenvalue weighted by Crippen LogP contribution is -2.06. The van der Waals surface area contributed by atoms with Crippen molar-refractivity contribution < 1.29 is 14.4 Å². The van der Waals surface area contributed by atoms with Crippen molar-refractivity contribution in [2.45, 2.75) is 0 Å². The van der Waals surface area contributed by atoms with Crippen molar-refractivity contribution in [1.82, 2.24) is 9.97 Å². The maximum atomic E-state index is 12.0. The molecule has 156 valence electrons. The standard InChI is InChI=1S/C22H19N5O4/c1-30-15-10-11-19(31-2)18(12-15)26-22-20(27(28)29)21(23-13-24-22)25-17-9-5-7-14-6-3-4-8-16(14)17/h3-13H,1-2H3,(H2,23,24,25,26). The third-order valence-corrected chi connectivity index (χ3v) is 4.71. The molecule has 0 radical (unpaired) electrons. The molecule has 4 rings (SSSR count). The highest BCUT2D eigenvalue weighted by Crippen LogP contribution is 2.37. The number of methoxy groups -OCH3 is 2. The van der Waals surface area contributed by atoms with Gasteiger partial charge in [-0.05, 0) is 23.6 Å². The molecule has 1 aromatic heterocycles. The highest BCUT2D eigenvalue weighted by molar-refractivity contribution is 5.96. The Kier molecular flexibility index (Phi) is 5.48. The normalized spacial score (nSPS) is 10.5. The van der Waals surface area contributed by atoms with Crippen LogP contribution in [-0.2, 0) is 0 Å². The van der Waals surface area contributed by atoms with E-state index in [9.17, 15) is 10.1 Å². The predicted molar refractivity (Wildman–Crippen MR) is 119 cm³/mol. The summed E-state index contributed by atoms with van der Waals surface area (Å²) in [4.78, 5) is 19.6. The summed E-state index contributed by atoms with van der Waals surface area (Å²) in [5, 5.41) is 19.9. The Labute approximate surface area is 177 Å². The van der Waals surface area contributed by atoms with Crippen molar-refractivity contribution in [2.24, 2.45) is 0 Å². The molecular formula is C22H19N5O4. The number of hydrogen-bond donors (Lipinski definition) is 2. The molecular weight excluding hydrogens is 398 g/mol. The number of nitrogens with one attached hydrogen (secondary N) is 2. The molecule has 2 N–H and O–H groups in total. The zero-order chi connectivity index (χ0) is 21.8. The second-order valence-electron chi connectivity index (χ2n) is 6.52. The number of fused-ring (bicyclic) bond motifs is 1. The molecule has 9 nitrogen and oxygen atoms in total. The monoisotopic (exact) mass is 417 g/mol.